The number of pyridine rings is 2. The number of nitrogens with zero attached hydrogens (tertiary/aromatic N) is 6. The van der Waals surface area contributed by atoms with Crippen molar-refractivity contribution in [3.8, 4) is 16.9 Å². The minimum Gasteiger partial charge on any atom is -0.349 e. The summed E-state index contributed by atoms with van der Waals surface area (Å²) in [6.07, 6.45) is 3.10. The van der Waals surface area contributed by atoms with Crippen molar-refractivity contribution in [3.05, 3.63) is 88.1 Å². The summed E-state index contributed by atoms with van der Waals surface area (Å²) in [5.74, 6) is 0.453. The molecule has 1 fully saturated rings. The topological polar surface area (TPSA) is 84.2 Å². The van der Waals surface area contributed by atoms with E-state index >= 15 is 0 Å². The molecule has 4 aromatic rings. The number of piperazine rings is 1. The molecule has 1 aliphatic heterocycles. The minimum absolute atomic E-state index is 0.0637. The number of carbonyl (C=O) groups excluding carboxylic acids is 1. The highest BCUT2D eigenvalue weighted by atomic mass is 35.5. The van der Waals surface area contributed by atoms with E-state index in [2.05, 4.69) is 21.4 Å². The number of hydrogen-bond donors (Lipinski definition) is 0. The van der Waals surface area contributed by atoms with Gasteiger partial charge in [-0.3, -0.25) is 9.78 Å². The van der Waals surface area contributed by atoms with Crippen LogP contribution in [0.25, 0.3) is 28.0 Å². The van der Waals surface area contributed by atoms with Crippen LogP contribution in [-0.2, 0) is 4.79 Å². The van der Waals surface area contributed by atoms with E-state index in [1.807, 2.05) is 77.1 Å². The second-order valence-corrected chi connectivity index (χ2v) is 11.1. The van der Waals surface area contributed by atoms with E-state index in [-0.39, 0.29) is 23.9 Å². The highest BCUT2D eigenvalue weighted by molar-refractivity contribution is 6.33. The second kappa shape index (κ2) is 10.8. The standard InChI is InChI=1S/C31H33ClN6O2/c1-7-25(39)36-16-21(6)37(17-20(36)5)29-23-15-24(32)27(22-11-9-8-10-12-22)34-30(23)38(31(40)35-29)28-19(4)13-14-33-26(28)18(2)3/h7-15,18,20-21H,1,16-17H2,2-6H3/t20-,21+/m1/s1. The Morgan fingerprint density at radius 1 is 1.10 bits per heavy atom. The Labute approximate surface area is 239 Å². The van der Waals surface area contributed by atoms with Crippen LogP contribution in [0.2, 0.25) is 5.02 Å². The molecule has 2 atom stereocenters. The van der Waals surface area contributed by atoms with Gasteiger partial charge in [0.2, 0.25) is 5.91 Å². The lowest BCUT2D eigenvalue weighted by molar-refractivity contribution is -0.128. The Hall–Kier alpha value is -4.04. The Bertz CT molecular complexity index is 1670. The van der Waals surface area contributed by atoms with Crippen molar-refractivity contribution < 1.29 is 4.79 Å². The highest BCUT2D eigenvalue weighted by Gasteiger charge is 2.34. The zero-order valence-electron chi connectivity index (χ0n) is 23.4. The number of halogens is 1. The molecule has 0 unspecified atom stereocenters. The predicted octanol–water partition coefficient (Wildman–Crippen LogP) is 5.54. The summed E-state index contributed by atoms with van der Waals surface area (Å²) in [5, 5.41) is 1.12. The molecule has 5 rings (SSSR count). The van der Waals surface area contributed by atoms with Crippen LogP contribution in [0.4, 0.5) is 5.82 Å². The number of hydrogen-bond acceptors (Lipinski definition) is 6. The Kier molecular flexibility index (Phi) is 7.47. The monoisotopic (exact) mass is 556 g/mol. The molecular weight excluding hydrogens is 524 g/mol. The molecule has 1 amide bonds. The third kappa shape index (κ3) is 4.77. The van der Waals surface area contributed by atoms with Gasteiger partial charge >= 0.3 is 5.69 Å². The first-order valence-corrected chi connectivity index (χ1v) is 13.8. The van der Waals surface area contributed by atoms with E-state index < -0.39 is 5.69 Å². The summed E-state index contributed by atoms with van der Waals surface area (Å²) in [5.41, 5.74) is 3.80. The van der Waals surface area contributed by atoms with Crippen molar-refractivity contribution in [2.24, 2.45) is 0 Å². The number of aryl methyl sites for hydroxylation is 1. The molecule has 8 nitrogen and oxygen atoms in total. The summed E-state index contributed by atoms with van der Waals surface area (Å²) in [4.78, 5) is 44.7. The fourth-order valence-corrected chi connectivity index (χ4v) is 5.72. The van der Waals surface area contributed by atoms with E-state index in [9.17, 15) is 9.59 Å². The van der Waals surface area contributed by atoms with Crippen molar-refractivity contribution in [1.82, 2.24) is 24.4 Å². The molecule has 0 saturated carbocycles. The van der Waals surface area contributed by atoms with Crippen LogP contribution in [0, 0.1) is 6.92 Å². The zero-order valence-corrected chi connectivity index (χ0v) is 24.2. The van der Waals surface area contributed by atoms with Crippen molar-refractivity contribution in [3.63, 3.8) is 0 Å². The average Bonchev–Trinajstić information content (AvgIpc) is 2.94. The van der Waals surface area contributed by atoms with Gasteiger partial charge in [-0.1, -0.05) is 62.4 Å². The zero-order chi connectivity index (χ0) is 28.7. The molecule has 0 radical (unpaired) electrons. The third-order valence-electron chi connectivity index (χ3n) is 7.49. The predicted molar refractivity (Wildman–Crippen MR) is 160 cm³/mol. The number of aromatic nitrogens is 4. The second-order valence-electron chi connectivity index (χ2n) is 10.7. The quantitative estimate of drug-likeness (QED) is 0.300. The summed E-state index contributed by atoms with van der Waals surface area (Å²) < 4.78 is 1.57. The molecule has 4 heterocycles. The van der Waals surface area contributed by atoms with Crippen LogP contribution < -0.4 is 10.6 Å². The maximum Gasteiger partial charge on any atom is 0.355 e. The largest absolute Gasteiger partial charge is 0.355 e. The smallest absolute Gasteiger partial charge is 0.349 e. The van der Waals surface area contributed by atoms with Gasteiger partial charge in [0.25, 0.3) is 0 Å². The number of amides is 1. The minimum atomic E-state index is -0.446. The van der Waals surface area contributed by atoms with E-state index in [0.29, 0.717) is 46.3 Å². The molecule has 0 bridgehead atoms. The average molecular weight is 557 g/mol. The van der Waals surface area contributed by atoms with Crippen LogP contribution in [-0.4, -0.2) is 55.5 Å². The first-order valence-electron chi connectivity index (χ1n) is 13.5. The van der Waals surface area contributed by atoms with Crippen molar-refractivity contribution in [2.75, 3.05) is 18.0 Å². The van der Waals surface area contributed by atoms with Crippen molar-refractivity contribution >= 4 is 34.4 Å². The molecule has 0 N–H and O–H groups in total. The summed E-state index contributed by atoms with van der Waals surface area (Å²) >= 11 is 6.88. The van der Waals surface area contributed by atoms with Gasteiger partial charge in [0.05, 0.1) is 27.5 Å². The highest BCUT2D eigenvalue weighted by Crippen LogP contribution is 2.35. The first kappa shape index (κ1) is 27.5. The third-order valence-corrected chi connectivity index (χ3v) is 7.78. The van der Waals surface area contributed by atoms with Gasteiger partial charge in [-0.15, -0.1) is 0 Å². The lowest BCUT2D eigenvalue weighted by Crippen LogP contribution is -2.58. The first-order chi connectivity index (χ1) is 19.1. The molecule has 3 aromatic heterocycles. The number of anilines is 1. The van der Waals surface area contributed by atoms with E-state index in [1.54, 1.807) is 15.7 Å². The van der Waals surface area contributed by atoms with E-state index in [0.717, 1.165) is 16.8 Å². The molecule has 206 valence electrons. The fourth-order valence-electron chi connectivity index (χ4n) is 5.46. The van der Waals surface area contributed by atoms with Crippen LogP contribution in [0.3, 0.4) is 0 Å². The van der Waals surface area contributed by atoms with Gasteiger partial charge < -0.3 is 9.80 Å². The Morgan fingerprint density at radius 2 is 1.82 bits per heavy atom. The fraction of sp³-hybridized carbons (Fsp3) is 0.323. The SMILES string of the molecule is C=CC(=O)N1C[C@H](C)N(c2nc(=O)n(-c3c(C)ccnc3C(C)C)c3nc(-c4ccccc4)c(Cl)cc23)C[C@H]1C. The van der Waals surface area contributed by atoms with Crippen molar-refractivity contribution in [1.29, 1.82) is 0 Å². The van der Waals surface area contributed by atoms with Gasteiger partial charge in [0, 0.05) is 36.9 Å². The molecule has 40 heavy (non-hydrogen) atoms. The molecular formula is C31H33ClN6O2. The number of benzene rings is 1. The van der Waals surface area contributed by atoms with Crippen LogP contribution in [0.15, 0.2) is 66.1 Å². The summed E-state index contributed by atoms with van der Waals surface area (Å²) in [6, 6.07) is 13.2. The van der Waals surface area contributed by atoms with Gasteiger partial charge in [-0.05, 0) is 50.5 Å². The molecule has 0 aliphatic carbocycles. The van der Waals surface area contributed by atoms with Crippen LogP contribution in [0.1, 0.15) is 44.9 Å². The molecule has 1 aromatic carbocycles. The number of fused-ring (bicyclic) bond motifs is 1. The molecule has 0 spiro atoms. The van der Waals surface area contributed by atoms with Crippen LogP contribution >= 0.6 is 11.6 Å². The van der Waals surface area contributed by atoms with Crippen LogP contribution in [0.5, 0.6) is 0 Å². The molecule has 1 saturated heterocycles. The summed E-state index contributed by atoms with van der Waals surface area (Å²) in [7, 11) is 0. The lowest BCUT2D eigenvalue weighted by atomic mass is 10.0. The van der Waals surface area contributed by atoms with Crippen molar-refractivity contribution in [2.45, 2.75) is 52.6 Å². The number of rotatable bonds is 5. The number of carbonyl (C=O) groups is 1. The maximum atomic E-state index is 14.0. The summed E-state index contributed by atoms with van der Waals surface area (Å²) in [6.45, 7) is 14.7. The Balaban J connectivity index is 1.81. The Morgan fingerprint density at radius 3 is 2.50 bits per heavy atom. The van der Waals surface area contributed by atoms with Gasteiger partial charge in [-0.25, -0.2) is 14.3 Å². The maximum absolute atomic E-state index is 14.0. The molecule has 9 heteroatoms. The van der Waals surface area contributed by atoms with Gasteiger partial charge in [0.15, 0.2) is 5.65 Å². The molecule has 1 aliphatic rings. The normalized spacial score (nSPS) is 17.5. The van der Waals surface area contributed by atoms with Gasteiger partial charge in [0.1, 0.15) is 5.82 Å². The van der Waals surface area contributed by atoms with Gasteiger partial charge in [-0.2, -0.15) is 4.98 Å². The van der Waals surface area contributed by atoms with E-state index in [1.165, 1.54) is 6.08 Å². The van der Waals surface area contributed by atoms with E-state index in [4.69, 9.17) is 16.6 Å². The lowest BCUT2D eigenvalue weighted by Gasteiger charge is -2.44.